The van der Waals surface area contributed by atoms with E-state index in [2.05, 4.69) is 5.32 Å². The zero-order valence-corrected chi connectivity index (χ0v) is 10.9. The van der Waals surface area contributed by atoms with Gasteiger partial charge in [0.25, 0.3) is 11.6 Å². The molecule has 0 aliphatic heterocycles. The molecule has 20 heavy (non-hydrogen) atoms. The first-order valence-corrected chi connectivity index (χ1v) is 5.66. The number of aryl methyl sites for hydroxylation is 2. The quantitative estimate of drug-likeness (QED) is 0.517. The Morgan fingerprint density at radius 1 is 1.30 bits per heavy atom. The molecule has 2 heterocycles. The van der Waals surface area contributed by atoms with Crippen LogP contribution in [0.15, 0.2) is 24.5 Å². The predicted octanol–water partition coefficient (Wildman–Crippen LogP) is 1.34. The number of aldehydes is 1. The molecule has 8 heteroatoms. The Balaban J connectivity index is 2.23. The summed E-state index contributed by atoms with van der Waals surface area (Å²) in [7, 11) is 3.22. The second-order valence-electron chi connectivity index (χ2n) is 4.29. The van der Waals surface area contributed by atoms with Crippen LogP contribution in [0.25, 0.3) is 0 Å². The van der Waals surface area contributed by atoms with E-state index in [0.717, 1.165) is 0 Å². The number of rotatable bonds is 4. The molecule has 0 aliphatic carbocycles. The lowest BCUT2D eigenvalue weighted by Gasteiger charge is -2.02. The number of hydrogen-bond acceptors (Lipinski definition) is 4. The summed E-state index contributed by atoms with van der Waals surface area (Å²) in [5.74, 6) is -0.483. The van der Waals surface area contributed by atoms with Crippen LogP contribution in [0, 0.1) is 10.1 Å². The van der Waals surface area contributed by atoms with E-state index in [4.69, 9.17) is 0 Å². The van der Waals surface area contributed by atoms with Gasteiger partial charge in [-0.15, -0.1) is 0 Å². The minimum absolute atomic E-state index is 0.153. The van der Waals surface area contributed by atoms with Gasteiger partial charge in [-0.2, -0.15) is 0 Å². The van der Waals surface area contributed by atoms with Gasteiger partial charge in [0.2, 0.25) is 0 Å². The zero-order chi connectivity index (χ0) is 14.9. The highest BCUT2D eigenvalue weighted by molar-refractivity contribution is 6.04. The first-order valence-electron chi connectivity index (χ1n) is 5.66. The Labute approximate surface area is 113 Å². The van der Waals surface area contributed by atoms with Gasteiger partial charge in [-0.3, -0.25) is 19.7 Å². The Kier molecular flexibility index (Phi) is 3.38. The van der Waals surface area contributed by atoms with Crippen molar-refractivity contribution in [1.82, 2.24) is 9.13 Å². The number of nitro groups is 1. The van der Waals surface area contributed by atoms with Crippen LogP contribution < -0.4 is 5.32 Å². The summed E-state index contributed by atoms with van der Waals surface area (Å²) in [6.07, 6.45) is 3.51. The van der Waals surface area contributed by atoms with Gasteiger partial charge >= 0.3 is 0 Å². The monoisotopic (exact) mass is 276 g/mol. The van der Waals surface area contributed by atoms with Crippen LogP contribution in [0.3, 0.4) is 0 Å². The number of nitrogens with zero attached hydrogens (tertiary/aromatic N) is 3. The largest absolute Gasteiger partial charge is 0.346 e. The number of anilines is 1. The van der Waals surface area contributed by atoms with E-state index in [9.17, 15) is 19.7 Å². The molecule has 0 spiro atoms. The summed E-state index contributed by atoms with van der Waals surface area (Å²) in [5.41, 5.74) is 0.870. The third-order valence-corrected chi connectivity index (χ3v) is 2.86. The maximum atomic E-state index is 12.0. The molecule has 0 aromatic carbocycles. The Morgan fingerprint density at radius 3 is 2.50 bits per heavy atom. The van der Waals surface area contributed by atoms with Gasteiger partial charge in [0.05, 0.1) is 22.5 Å². The van der Waals surface area contributed by atoms with Gasteiger partial charge in [-0.25, -0.2) is 0 Å². The van der Waals surface area contributed by atoms with Crippen molar-refractivity contribution in [2.75, 3.05) is 5.32 Å². The molecule has 2 aromatic rings. The number of carbonyl (C=O) groups is 2. The van der Waals surface area contributed by atoms with Crippen LogP contribution in [-0.2, 0) is 14.1 Å². The number of hydrogen-bond donors (Lipinski definition) is 1. The minimum Gasteiger partial charge on any atom is -0.346 e. The van der Waals surface area contributed by atoms with Crippen molar-refractivity contribution in [1.29, 1.82) is 0 Å². The van der Waals surface area contributed by atoms with E-state index in [1.807, 2.05) is 0 Å². The first kappa shape index (κ1) is 13.5. The Bertz CT molecular complexity index is 698. The van der Waals surface area contributed by atoms with E-state index in [1.54, 1.807) is 24.9 Å². The molecular weight excluding hydrogens is 264 g/mol. The predicted molar refractivity (Wildman–Crippen MR) is 70.8 cm³/mol. The summed E-state index contributed by atoms with van der Waals surface area (Å²) in [6.45, 7) is 0. The number of aromatic nitrogens is 2. The lowest BCUT2D eigenvalue weighted by molar-refractivity contribution is -0.384. The molecule has 0 bridgehead atoms. The summed E-state index contributed by atoms with van der Waals surface area (Å²) >= 11 is 0. The highest BCUT2D eigenvalue weighted by Gasteiger charge is 2.18. The normalized spacial score (nSPS) is 10.3. The molecule has 0 saturated carbocycles. The summed E-state index contributed by atoms with van der Waals surface area (Å²) in [6, 6.07) is 2.71. The average molecular weight is 276 g/mol. The number of nitrogens with one attached hydrogen (secondary N) is 1. The Hall–Kier alpha value is -2.90. The molecule has 0 fully saturated rings. The zero-order valence-electron chi connectivity index (χ0n) is 10.9. The topological polar surface area (TPSA) is 99.2 Å². The van der Waals surface area contributed by atoms with Crippen molar-refractivity contribution in [3.8, 4) is 0 Å². The maximum Gasteiger partial charge on any atom is 0.287 e. The molecule has 0 atom stereocenters. The summed E-state index contributed by atoms with van der Waals surface area (Å²) in [5, 5.41) is 13.2. The minimum atomic E-state index is -0.566. The summed E-state index contributed by atoms with van der Waals surface area (Å²) < 4.78 is 2.94. The third-order valence-electron chi connectivity index (χ3n) is 2.86. The van der Waals surface area contributed by atoms with Crippen molar-refractivity contribution >= 4 is 23.6 Å². The van der Waals surface area contributed by atoms with Gasteiger partial charge in [0, 0.05) is 26.4 Å². The number of amides is 1. The van der Waals surface area contributed by atoms with Crippen LogP contribution in [-0.4, -0.2) is 26.3 Å². The van der Waals surface area contributed by atoms with Crippen molar-refractivity contribution in [2.24, 2.45) is 14.1 Å². The van der Waals surface area contributed by atoms with Gasteiger partial charge in [0.1, 0.15) is 5.69 Å². The SMILES string of the molecule is Cn1cc(NC(=O)c2cc([N+](=O)[O-])cn2C)cc1C=O. The fourth-order valence-electron chi connectivity index (χ4n) is 1.83. The first-order chi connectivity index (χ1) is 9.42. The van der Waals surface area contributed by atoms with E-state index >= 15 is 0 Å². The van der Waals surface area contributed by atoms with Gasteiger partial charge in [-0.05, 0) is 6.07 Å². The second-order valence-corrected chi connectivity index (χ2v) is 4.29. The maximum absolute atomic E-state index is 12.0. The van der Waals surface area contributed by atoms with E-state index < -0.39 is 10.8 Å². The molecule has 1 amide bonds. The molecular formula is C12H12N4O4. The van der Waals surface area contributed by atoms with Crippen LogP contribution in [0.1, 0.15) is 21.0 Å². The average Bonchev–Trinajstić information content (AvgIpc) is 2.92. The lowest BCUT2D eigenvalue weighted by atomic mass is 10.3. The number of carbonyl (C=O) groups excluding carboxylic acids is 2. The van der Waals surface area contributed by atoms with Crippen LogP contribution >= 0.6 is 0 Å². The smallest absolute Gasteiger partial charge is 0.287 e. The van der Waals surface area contributed by atoms with E-state index in [1.165, 1.54) is 22.9 Å². The van der Waals surface area contributed by atoms with Crippen LogP contribution in [0.4, 0.5) is 11.4 Å². The second kappa shape index (κ2) is 5.00. The van der Waals surface area contributed by atoms with Crippen molar-refractivity contribution in [3.63, 3.8) is 0 Å². The highest BCUT2D eigenvalue weighted by Crippen LogP contribution is 2.17. The summed E-state index contributed by atoms with van der Waals surface area (Å²) in [4.78, 5) is 32.8. The van der Waals surface area contributed by atoms with E-state index in [-0.39, 0.29) is 11.4 Å². The molecule has 0 radical (unpaired) electrons. The lowest BCUT2D eigenvalue weighted by Crippen LogP contribution is -2.14. The molecule has 0 unspecified atom stereocenters. The van der Waals surface area contributed by atoms with Crippen molar-refractivity contribution in [3.05, 3.63) is 46.0 Å². The van der Waals surface area contributed by atoms with Crippen molar-refractivity contribution < 1.29 is 14.5 Å². The Morgan fingerprint density at radius 2 is 2.00 bits per heavy atom. The molecule has 0 aliphatic rings. The molecule has 2 rings (SSSR count). The third kappa shape index (κ3) is 2.44. The van der Waals surface area contributed by atoms with Crippen LogP contribution in [0.5, 0.6) is 0 Å². The van der Waals surface area contributed by atoms with Gasteiger partial charge in [-0.1, -0.05) is 0 Å². The van der Waals surface area contributed by atoms with Crippen molar-refractivity contribution in [2.45, 2.75) is 0 Å². The molecule has 0 saturated heterocycles. The van der Waals surface area contributed by atoms with Gasteiger partial charge < -0.3 is 14.5 Å². The fraction of sp³-hybridized carbons (Fsp3) is 0.167. The molecule has 1 N–H and O–H groups in total. The molecule has 104 valence electrons. The van der Waals surface area contributed by atoms with Crippen LogP contribution in [0.2, 0.25) is 0 Å². The highest BCUT2D eigenvalue weighted by atomic mass is 16.6. The van der Waals surface area contributed by atoms with Gasteiger partial charge in [0.15, 0.2) is 6.29 Å². The fourth-order valence-corrected chi connectivity index (χ4v) is 1.83. The molecule has 8 nitrogen and oxygen atoms in total. The standard InChI is InChI=1S/C12H12N4O4/c1-14-5-8(3-10(14)7-17)13-12(18)11-4-9(16(19)20)6-15(11)2/h3-7H,1-2H3,(H,13,18). The molecule has 2 aromatic heterocycles. The van der Waals surface area contributed by atoms with E-state index in [0.29, 0.717) is 17.7 Å².